The molecule has 1 heterocycles. The average Bonchev–Trinajstić information content (AvgIpc) is 2.38. The van der Waals surface area contributed by atoms with E-state index in [0.29, 0.717) is 11.4 Å². The minimum atomic E-state index is -4.39. The highest BCUT2D eigenvalue weighted by Crippen LogP contribution is 2.29. The average molecular weight is 278 g/mol. The number of aryl methyl sites for hydroxylation is 1. The molecule has 3 nitrogen and oxygen atoms in total. The molecule has 2 rings (SSSR count). The van der Waals surface area contributed by atoms with Crippen LogP contribution in [0.5, 0.6) is 0 Å². The number of pyridine rings is 1. The fraction of sp³-hybridized carbons (Fsp3) is 0.143. The molecular formula is C14H9F3N2O. The molecule has 0 N–H and O–H groups in total. The monoisotopic (exact) mass is 278 g/mol. The van der Waals surface area contributed by atoms with Crippen molar-refractivity contribution < 1.29 is 13.2 Å². The predicted octanol–water partition coefficient (Wildman–Crippen LogP) is 3.04. The summed E-state index contributed by atoms with van der Waals surface area (Å²) in [6.45, 7) is 1.64. The van der Waals surface area contributed by atoms with Crippen LogP contribution in [0.2, 0.25) is 0 Å². The molecule has 6 heteroatoms. The second-order valence-electron chi connectivity index (χ2n) is 4.22. The zero-order valence-corrected chi connectivity index (χ0v) is 10.4. The van der Waals surface area contributed by atoms with Gasteiger partial charge in [-0.15, -0.1) is 0 Å². The third-order valence-corrected chi connectivity index (χ3v) is 2.84. The Balaban J connectivity index is 2.53. The number of nitrogens with zero attached hydrogens (tertiary/aromatic N) is 2. The highest BCUT2D eigenvalue weighted by Gasteiger charge is 2.30. The maximum atomic E-state index is 12.5. The molecule has 1 aromatic carbocycles. The first kappa shape index (κ1) is 13.9. The normalized spacial score (nSPS) is 11.2. The lowest BCUT2D eigenvalue weighted by molar-refractivity contribution is -0.137. The second-order valence-corrected chi connectivity index (χ2v) is 4.22. The van der Waals surface area contributed by atoms with Gasteiger partial charge in [-0.1, -0.05) is 0 Å². The van der Waals surface area contributed by atoms with Gasteiger partial charge in [0, 0.05) is 23.6 Å². The first-order valence-corrected chi connectivity index (χ1v) is 5.64. The SMILES string of the molecule is Cc1cc(=O)c(C#N)cn1-c1ccc(C(F)(F)F)cc1. The molecule has 0 unspecified atom stereocenters. The summed E-state index contributed by atoms with van der Waals surface area (Å²) in [5.74, 6) is 0. The summed E-state index contributed by atoms with van der Waals surface area (Å²) in [5, 5.41) is 8.82. The number of hydrogen-bond acceptors (Lipinski definition) is 2. The quantitative estimate of drug-likeness (QED) is 0.804. The Hall–Kier alpha value is -2.55. The maximum absolute atomic E-state index is 12.5. The van der Waals surface area contributed by atoms with E-state index in [9.17, 15) is 18.0 Å². The largest absolute Gasteiger partial charge is 0.416 e. The van der Waals surface area contributed by atoms with Crippen molar-refractivity contribution in [3.05, 3.63) is 63.6 Å². The Kier molecular flexibility index (Phi) is 3.36. The summed E-state index contributed by atoms with van der Waals surface area (Å²) < 4.78 is 38.9. The topological polar surface area (TPSA) is 45.8 Å². The number of hydrogen-bond donors (Lipinski definition) is 0. The summed E-state index contributed by atoms with van der Waals surface area (Å²) in [4.78, 5) is 11.5. The van der Waals surface area contributed by atoms with E-state index in [0.717, 1.165) is 12.1 Å². The van der Waals surface area contributed by atoms with Gasteiger partial charge in [0.25, 0.3) is 0 Å². The molecule has 0 radical (unpaired) electrons. The Morgan fingerprint density at radius 1 is 1.20 bits per heavy atom. The first-order chi connectivity index (χ1) is 9.32. The fourth-order valence-electron chi connectivity index (χ4n) is 1.80. The predicted molar refractivity (Wildman–Crippen MR) is 66.5 cm³/mol. The Morgan fingerprint density at radius 3 is 2.30 bits per heavy atom. The molecule has 0 fully saturated rings. The van der Waals surface area contributed by atoms with Crippen molar-refractivity contribution in [2.75, 3.05) is 0 Å². The molecule has 1 aromatic heterocycles. The first-order valence-electron chi connectivity index (χ1n) is 5.64. The van der Waals surface area contributed by atoms with Crippen LogP contribution in [0.4, 0.5) is 13.2 Å². The van der Waals surface area contributed by atoms with Crippen molar-refractivity contribution in [2.24, 2.45) is 0 Å². The van der Waals surface area contributed by atoms with Gasteiger partial charge in [0.05, 0.1) is 5.56 Å². The second kappa shape index (κ2) is 4.85. The molecule has 0 aliphatic heterocycles. The van der Waals surface area contributed by atoms with Gasteiger partial charge in [-0.2, -0.15) is 18.4 Å². The van der Waals surface area contributed by atoms with Gasteiger partial charge in [-0.25, -0.2) is 0 Å². The lowest BCUT2D eigenvalue weighted by Gasteiger charge is -2.12. The van der Waals surface area contributed by atoms with E-state index in [1.165, 1.54) is 29.0 Å². The third-order valence-electron chi connectivity index (χ3n) is 2.84. The van der Waals surface area contributed by atoms with Gasteiger partial charge in [0.1, 0.15) is 11.6 Å². The van der Waals surface area contributed by atoms with E-state index in [1.54, 1.807) is 13.0 Å². The Morgan fingerprint density at radius 2 is 1.80 bits per heavy atom. The van der Waals surface area contributed by atoms with Crippen LogP contribution in [0.15, 0.2) is 41.3 Å². The Labute approximate surface area is 112 Å². The maximum Gasteiger partial charge on any atom is 0.416 e. The van der Waals surface area contributed by atoms with Crippen LogP contribution in [0, 0.1) is 18.3 Å². The van der Waals surface area contributed by atoms with E-state index in [1.807, 2.05) is 0 Å². The Bertz CT molecular complexity index is 737. The van der Waals surface area contributed by atoms with E-state index < -0.39 is 17.2 Å². The number of nitriles is 1. The van der Waals surface area contributed by atoms with Gasteiger partial charge in [0.2, 0.25) is 0 Å². The summed E-state index contributed by atoms with van der Waals surface area (Å²) >= 11 is 0. The minimum absolute atomic E-state index is 0.0597. The zero-order chi connectivity index (χ0) is 14.9. The minimum Gasteiger partial charge on any atom is -0.320 e. The van der Waals surface area contributed by atoms with E-state index in [4.69, 9.17) is 5.26 Å². The molecule has 20 heavy (non-hydrogen) atoms. The molecule has 102 valence electrons. The third kappa shape index (κ3) is 2.57. The zero-order valence-electron chi connectivity index (χ0n) is 10.4. The molecule has 0 saturated heterocycles. The van der Waals surface area contributed by atoms with Crippen LogP contribution in [0.1, 0.15) is 16.8 Å². The van der Waals surface area contributed by atoms with E-state index in [-0.39, 0.29) is 5.56 Å². The molecule has 0 aliphatic rings. The molecule has 0 atom stereocenters. The molecular weight excluding hydrogens is 269 g/mol. The van der Waals surface area contributed by atoms with Gasteiger partial charge >= 0.3 is 6.18 Å². The van der Waals surface area contributed by atoms with Crippen LogP contribution in [0.3, 0.4) is 0 Å². The summed E-state index contributed by atoms with van der Waals surface area (Å²) in [5.41, 5.74) is -0.232. The molecule has 0 bridgehead atoms. The van der Waals surface area contributed by atoms with Gasteiger partial charge in [-0.3, -0.25) is 4.79 Å². The van der Waals surface area contributed by atoms with Crippen LogP contribution in [-0.2, 0) is 6.18 Å². The van der Waals surface area contributed by atoms with Gasteiger partial charge < -0.3 is 4.57 Å². The van der Waals surface area contributed by atoms with Crippen molar-refractivity contribution in [1.29, 1.82) is 5.26 Å². The number of alkyl halides is 3. The fourth-order valence-corrected chi connectivity index (χ4v) is 1.80. The van der Waals surface area contributed by atoms with Crippen LogP contribution < -0.4 is 5.43 Å². The molecule has 0 aliphatic carbocycles. The number of benzene rings is 1. The van der Waals surface area contributed by atoms with Crippen molar-refractivity contribution in [2.45, 2.75) is 13.1 Å². The van der Waals surface area contributed by atoms with Crippen molar-refractivity contribution >= 4 is 0 Å². The smallest absolute Gasteiger partial charge is 0.320 e. The van der Waals surface area contributed by atoms with Crippen LogP contribution in [0.25, 0.3) is 5.69 Å². The van der Waals surface area contributed by atoms with Gasteiger partial charge in [-0.05, 0) is 31.2 Å². The van der Waals surface area contributed by atoms with Crippen molar-refractivity contribution in [1.82, 2.24) is 4.57 Å². The van der Waals surface area contributed by atoms with Gasteiger partial charge in [0.15, 0.2) is 5.43 Å². The van der Waals surface area contributed by atoms with Crippen LogP contribution >= 0.6 is 0 Å². The molecule has 0 spiro atoms. The van der Waals surface area contributed by atoms with Crippen molar-refractivity contribution in [3.8, 4) is 11.8 Å². The number of rotatable bonds is 1. The molecule has 0 amide bonds. The van der Waals surface area contributed by atoms with E-state index >= 15 is 0 Å². The summed E-state index contributed by atoms with van der Waals surface area (Å²) in [6.07, 6.45) is -3.07. The lowest BCUT2D eigenvalue weighted by atomic mass is 10.2. The van der Waals surface area contributed by atoms with Crippen LogP contribution in [-0.4, -0.2) is 4.57 Å². The number of aromatic nitrogens is 1. The highest BCUT2D eigenvalue weighted by molar-refractivity contribution is 5.40. The standard InChI is InChI=1S/C14H9F3N2O/c1-9-6-13(20)10(7-18)8-19(9)12-4-2-11(3-5-12)14(15,16)17/h2-6,8H,1H3. The lowest BCUT2D eigenvalue weighted by Crippen LogP contribution is -2.12. The molecule has 2 aromatic rings. The highest BCUT2D eigenvalue weighted by atomic mass is 19.4. The number of halogens is 3. The summed E-state index contributed by atoms with van der Waals surface area (Å²) in [7, 11) is 0. The van der Waals surface area contributed by atoms with E-state index in [2.05, 4.69) is 0 Å². The molecule has 0 saturated carbocycles. The van der Waals surface area contributed by atoms with Crippen molar-refractivity contribution in [3.63, 3.8) is 0 Å². The summed E-state index contributed by atoms with van der Waals surface area (Å²) in [6, 6.07) is 7.53.